The summed E-state index contributed by atoms with van der Waals surface area (Å²) in [6, 6.07) is 26.5. The molecule has 6 nitrogen and oxygen atoms in total. The van der Waals surface area contributed by atoms with Crippen molar-refractivity contribution in [3.63, 3.8) is 0 Å². The largest absolute Gasteiger partial charge is 0.494 e. The van der Waals surface area contributed by atoms with Gasteiger partial charge in [-0.25, -0.2) is 4.79 Å². The minimum atomic E-state index is -0.221. The van der Waals surface area contributed by atoms with Crippen LogP contribution in [0, 0.1) is 0 Å². The minimum Gasteiger partial charge on any atom is -0.494 e. The Kier molecular flexibility index (Phi) is 10.7. The molecule has 0 aliphatic heterocycles. The molecule has 0 amide bonds. The van der Waals surface area contributed by atoms with E-state index in [1.807, 2.05) is 75.7 Å². The topological polar surface area (TPSA) is 65.7 Å². The number of likely N-dealkylation sites (N-methyl/N-ethyl adjacent to an activating group) is 1. The van der Waals surface area contributed by atoms with Crippen LogP contribution in [-0.2, 0) is 16.0 Å². The van der Waals surface area contributed by atoms with Crippen molar-refractivity contribution in [2.45, 2.75) is 51.0 Å². The van der Waals surface area contributed by atoms with E-state index in [1.54, 1.807) is 12.1 Å². The first-order valence-corrected chi connectivity index (χ1v) is 14.6. The molecule has 0 aliphatic carbocycles. The molecule has 216 valence electrons. The molecule has 4 aromatic rings. The summed E-state index contributed by atoms with van der Waals surface area (Å²) in [4.78, 5) is 25.5. The van der Waals surface area contributed by atoms with Crippen molar-refractivity contribution in [1.82, 2.24) is 0 Å². The smallest absolute Gasteiger partial charge is 0.365 e. The minimum absolute atomic E-state index is 0.0783. The Bertz CT molecular complexity index is 1440. The fourth-order valence-electron chi connectivity index (χ4n) is 4.85. The van der Waals surface area contributed by atoms with Crippen molar-refractivity contribution in [2.75, 3.05) is 34.4 Å². The van der Waals surface area contributed by atoms with Crippen molar-refractivity contribution in [3.05, 3.63) is 101 Å². The maximum Gasteiger partial charge on any atom is 0.365 e. The molecule has 0 N–H and O–H groups in total. The van der Waals surface area contributed by atoms with Crippen LogP contribution in [0.4, 0.5) is 0 Å². The third kappa shape index (κ3) is 9.05. The molecule has 0 aliphatic rings. The van der Waals surface area contributed by atoms with Crippen LogP contribution >= 0.6 is 0 Å². The molecule has 1 unspecified atom stereocenters. The molecule has 4 rings (SSSR count). The average molecular weight is 557 g/mol. The number of unbranched alkanes of at least 4 members (excludes halogenated alkanes) is 5. The van der Waals surface area contributed by atoms with Gasteiger partial charge in [-0.3, -0.25) is 4.79 Å². The SMILES string of the molecule is C[N+](C)(C)C(Cc1ccccc1)C(=O)OCCCCCCCCOc1ccc2oc(-c3ccccc3)cc(=O)c2c1. The molecule has 0 radical (unpaired) electrons. The Morgan fingerprint density at radius 2 is 1.41 bits per heavy atom. The van der Waals surface area contributed by atoms with Crippen molar-refractivity contribution in [1.29, 1.82) is 0 Å². The van der Waals surface area contributed by atoms with Gasteiger partial charge >= 0.3 is 5.97 Å². The van der Waals surface area contributed by atoms with Gasteiger partial charge in [0, 0.05) is 18.1 Å². The number of carbonyl (C=O) groups excluding carboxylic acids is 1. The molecule has 0 saturated heterocycles. The van der Waals surface area contributed by atoms with E-state index in [1.165, 1.54) is 6.07 Å². The van der Waals surface area contributed by atoms with E-state index in [4.69, 9.17) is 13.9 Å². The average Bonchev–Trinajstić information content (AvgIpc) is 2.97. The molecular formula is C35H42NO5+. The van der Waals surface area contributed by atoms with E-state index >= 15 is 0 Å². The summed E-state index contributed by atoms with van der Waals surface area (Å²) in [6.07, 6.45) is 6.80. The zero-order chi connectivity index (χ0) is 29.1. The number of hydrogen-bond acceptors (Lipinski definition) is 5. The molecule has 0 bridgehead atoms. The number of rotatable bonds is 15. The van der Waals surface area contributed by atoms with Gasteiger partial charge in [-0.2, -0.15) is 0 Å². The number of ether oxygens (including phenoxy) is 2. The van der Waals surface area contributed by atoms with E-state index < -0.39 is 0 Å². The molecule has 0 spiro atoms. The third-order valence-electron chi connectivity index (χ3n) is 7.29. The summed E-state index contributed by atoms with van der Waals surface area (Å²) in [5, 5.41) is 0.524. The second-order valence-electron chi connectivity index (χ2n) is 11.5. The lowest BCUT2D eigenvalue weighted by Crippen LogP contribution is -2.51. The maximum atomic E-state index is 12.8. The molecule has 1 heterocycles. The van der Waals surface area contributed by atoms with E-state index in [0.29, 0.717) is 46.6 Å². The normalized spacial score (nSPS) is 12.3. The Labute approximate surface area is 243 Å². The number of carbonyl (C=O) groups is 1. The van der Waals surface area contributed by atoms with Crippen molar-refractivity contribution in [3.8, 4) is 17.1 Å². The summed E-state index contributed by atoms with van der Waals surface area (Å²) in [5.41, 5.74) is 2.50. The predicted octanol–water partition coefficient (Wildman–Crippen LogP) is 7.04. The van der Waals surface area contributed by atoms with E-state index in [2.05, 4.69) is 12.1 Å². The van der Waals surface area contributed by atoms with Gasteiger partial charge < -0.3 is 18.4 Å². The van der Waals surface area contributed by atoms with Crippen LogP contribution in [0.15, 0.2) is 94.1 Å². The van der Waals surface area contributed by atoms with Gasteiger partial charge in [-0.05, 0) is 36.6 Å². The highest BCUT2D eigenvalue weighted by atomic mass is 16.5. The standard InChI is InChI=1S/C35H42NO5/c1-36(2,3)31(24-27-16-10-8-11-17-27)35(38)40-23-15-7-5-4-6-14-22-39-29-20-21-33-30(25-29)32(37)26-34(41-33)28-18-12-9-13-19-28/h8-13,16-21,25-26,31H,4-7,14-15,22-24H2,1-3H3/q+1. The highest BCUT2D eigenvalue weighted by Crippen LogP contribution is 2.24. The lowest BCUT2D eigenvalue weighted by molar-refractivity contribution is -0.887. The van der Waals surface area contributed by atoms with Crippen LogP contribution in [0.3, 0.4) is 0 Å². The van der Waals surface area contributed by atoms with E-state index in [9.17, 15) is 9.59 Å². The fourth-order valence-corrected chi connectivity index (χ4v) is 4.85. The first-order chi connectivity index (χ1) is 19.8. The Morgan fingerprint density at radius 3 is 2.10 bits per heavy atom. The van der Waals surface area contributed by atoms with Gasteiger partial charge in [0.15, 0.2) is 11.5 Å². The van der Waals surface area contributed by atoms with Gasteiger partial charge in [0.2, 0.25) is 0 Å². The number of benzene rings is 3. The molecule has 3 aromatic carbocycles. The molecule has 41 heavy (non-hydrogen) atoms. The number of esters is 1. The number of fused-ring (bicyclic) bond motifs is 1. The van der Waals surface area contributed by atoms with Crippen LogP contribution in [-0.4, -0.2) is 50.9 Å². The maximum absolute atomic E-state index is 12.8. The van der Waals surface area contributed by atoms with Gasteiger partial charge in [0.25, 0.3) is 0 Å². The summed E-state index contributed by atoms with van der Waals surface area (Å²) in [7, 11) is 6.12. The first-order valence-electron chi connectivity index (χ1n) is 14.6. The number of quaternary nitrogens is 1. The number of hydrogen-bond donors (Lipinski definition) is 0. The van der Waals surface area contributed by atoms with Gasteiger partial charge in [-0.15, -0.1) is 0 Å². The monoisotopic (exact) mass is 556 g/mol. The molecule has 0 fully saturated rings. The summed E-state index contributed by atoms with van der Waals surface area (Å²) in [5.74, 6) is 1.12. The number of nitrogens with zero attached hydrogens (tertiary/aromatic N) is 1. The fraction of sp³-hybridized carbons (Fsp3) is 0.371. The van der Waals surface area contributed by atoms with Crippen LogP contribution < -0.4 is 10.2 Å². The Hall–Kier alpha value is -3.90. The van der Waals surface area contributed by atoms with Crippen molar-refractivity contribution >= 4 is 16.9 Å². The second kappa shape index (κ2) is 14.6. The quantitative estimate of drug-likeness (QED) is 0.0893. The first kappa shape index (κ1) is 30.1. The van der Waals surface area contributed by atoms with Crippen LogP contribution in [0.25, 0.3) is 22.3 Å². The van der Waals surface area contributed by atoms with E-state index in [0.717, 1.165) is 49.7 Å². The zero-order valence-corrected chi connectivity index (χ0v) is 24.5. The van der Waals surface area contributed by atoms with Crippen LogP contribution in [0.5, 0.6) is 5.75 Å². The predicted molar refractivity (Wildman–Crippen MR) is 164 cm³/mol. The lowest BCUT2D eigenvalue weighted by Gasteiger charge is -2.32. The lowest BCUT2D eigenvalue weighted by atomic mass is 10.0. The van der Waals surface area contributed by atoms with Gasteiger partial charge in [-0.1, -0.05) is 86.3 Å². The Morgan fingerprint density at radius 1 is 0.780 bits per heavy atom. The highest BCUT2D eigenvalue weighted by Gasteiger charge is 2.33. The molecule has 0 saturated carbocycles. The van der Waals surface area contributed by atoms with Crippen LogP contribution in [0.2, 0.25) is 0 Å². The molecular weight excluding hydrogens is 514 g/mol. The summed E-state index contributed by atoms with van der Waals surface area (Å²) < 4.78 is 18.1. The molecule has 1 aromatic heterocycles. The summed E-state index contributed by atoms with van der Waals surface area (Å²) >= 11 is 0. The van der Waals surface area contributed by atoms with Gasteiger partial charge in [0.05, 0.1) is 39.7 Å². The van der Waals surface area contributed by atoms with Gasteiger partial charge in [0.1, 0.15) is 17.1 Å². The Balaban J connectivity index is 1.11. The zero-order valence-electron chi connectivity index (χ0n) is 24.5. The summed E-state index contributed by atoms with van der Waals surface area (Å²) in [6.45, 7) is 1.07. The molecule has 6 heteroatoms. The third-order valence-corrected chi connectivity index (χ3v) is 7.29. The van der Waals surface area contributed by atoms with Crippen molar-refractivity contribution in [2.24, 2.45) is 0 Å². The van der Waals surface area contributed by atoms with E-state index in [-0.39, 0.29) is 17.4 Å². The second-order valence-corrected chi connectivity index (χ2v) is 11.5. The van der Waals surface area contributed by atoms with Crippen molar-refractivity contribution < 1.29 is 23.2 Å². The highest BCUT2D eigenvalue weighted by molar-refractivity contribution is 5.80. The molecule has 1 atom stereocenters. The van der Waals surface area contributed by atoms with Crippen LogP contribution in [0.1, 0.15) is 44.1 Å².